The van der Waals surface area contributed by atoms with Gasteiger partial charge in [-0.2, -0.15) is 0 Å². The molecular weight excluding hydrogens is 236 g/mol. The maximum absolute atomic E-state index is 6.31. The molecule has 0 aromatic carbocycles. The molecule has 3 nitrogen and oxygen atoms in total. The molecule has 1 N–H and O–H groups in total. The molecule has 1 aliphatic heterocycles. The van der Waals surface area contributed by atoms with Gasteiger partial charge in [0.1, 0.15) is 0 Å². The SMILES string of the molecule is CNC1C(CN(C)CC2CC2C)C(C)(C)OC1(C)C. The first kappa shape index (κ1) is 15.3. The third-order valence-electron chi connectivity index (χ3n) is 5.21. The summed E-state index contributed by atoms with van der Waals surface area (Å²) >= 11 is 0. The maximum Gasteiger partial charge on any atom is 0.0790 e. The van der Waals surface area contributed by atoms with Crippen molar-refractivity contribution in [2.45, 2.75) is 58.3 Å². The zero-order valence-electron chi connectivity index (χ0n) is 13.8. The van der Waals surface area contributed by atoms with Crippen molar-refractivity contribution in [3.8, 4) is 0 Å². The Balaban J connectivity index is 1.99. The summed E-state index contributed by atoms with van der Waals surface area (Å²) < 4.78 is 6.31. The summed E-state index contributed by atoms with van der Waals surface area (Å²) in [5.41, 5.74) is -0.142. The maximum atomic E-state index is 6.31. The average molecular weight is 268 g/mol. The van der Waals surface area contributed by atoms with Gasteiger partial charge in [-0.25, -0.2) is 0 Å². The number of nitrogens with one attached hydrogen (secondary N) is 1. The zero-order chi connectivity index (χ0) is 14.4. The van der Waals surface area contributed by atoms with Gasteiger partial charge in [0.05, 0.1) is 11.2 Å². The van der Waals surface area contributed by atoms with Crippen LogP contribution in [0, 0.1) is 17.8 Å². The molecule has 2 fully saturated rings. The van der Waals surface area contributed by atoms with Crippen molar-refractivity contribution in [3.05, 3.63) is 0 Å². The normalized spacial score (nSPS) is 39.8. The van der Waals surface area contributed by atoms with Crippen molar-refractivity contribution in [2.75, 3.05) is 27.2 Å². The molecule has 2 aliphatic rings. The third kappa shape index (κ3) is 3.14. The Morgan fingerprint density at radius 2 is 1.74 bits per heavy atom. The van der Waals surface area contributed by atoms with E-state index in [-0.39, 0.29) is 11.2 Å². The van der Waals surface area contributed by atoms with Crippen LogP contribution in [0.1, 0.15) is 41.0 Å². The molecule has 1 saturated heterocycles. The number of hydrogen-bond acceptors (Lipinski definition) is 3. The van der Waals surface area contributed by atoms with Crippen molar-refractivity contribution in [1.82, 2.24) is 10.2 Å². The van der Waals surface area contributed by atoms with E-state index in [1.54, 1.807) is 0 Å². The van der Waals surface area contributed by atoms with E-state index < -0.39 is 0 Å². The second kappa shape index (κ2) is 5.01. The second-order valence-electron chi connectivity index (χ2n) is 7.88. The minimum absolute atomic E-state index is 0.0550. The molecule has 3 heteroatoms. The van der Waals surface area contributed by atoms with Gasteiger partial charge in [-0.05, 0) is 60.0 Å². The van der Waals surface area contributed by atoms with E-state index >= 15 is 0 Å². The highest BCUT2D eigenvalue weighted by Crippen LogP contribution is 2.43. The Morgan fingerprint density at radius 3 is 2.21 bits per heavy atom. The molecule has 1 aliphatic carbocycles. The molecule has 0 amide bonds. The summed E-state index contributed by atoms with van der Waals surface area (Å²) in [7, 11) is 4.33. The highest BCUT2D eigenvalue weighted by atomic mass is 16.5. The van der Waals surface area contributed by atoms with Crippen molar-refractivity contribution in [3.63, 3.8) is 0 Å². The quantitative estimate of drug-likeness (QED) is 0.828. The zero-order valence-corrected chi connectivity index (χ0v) is 13.8. The van der Waals surface area contributed by atoms with Crippen molar-refractivity contribution < 1.29 is 4.74 Å². The standard InChI is InChI=1S/C16H32N2O/c1-11-8-12(11)9-18(7)10-13-14(17-6)16(4,5)19-15(13,2)3/h11-14,17H,8-10H2,1-7H3. The van der Waals surface area contributed by atoms with Crippen LogP contribution in [0.2, 0.25) is 0 Å². The van der Waals surface area contributed by atoms with Crippen LogP contribution in [0.25, 0.3) is 0 Å². The first-order chi connectivity index (χ1) is 8.67. The lowest BCUT2D eigenvalue weighted by Gasteiger charge is -2.32. The Labute approximate surface area is 119 Å². The molecular formula is C16H32N2O. The molecule has 1 heterocycles. The fourth-order valence-electron chi connectivity index (χ4n) is 4.04. The fourth-order valence-corrected chi connectivity index (χ4v) is 4.04. The van der Waals surface area contributed by atoms with Gasteiger partial charge in [0.2, 0.25) is 0 Å². The van der Waals surface area contributed by atoms with Gasteiger partial charge in [-0.3, -0.25) is 0 Å². The van der Waals surface area contributed by atoms with Crippen LogP contribution in [0.3, 0.4) is 0 Å². The second-order valence-corrected chi connectivity index (χ2v) is 7.88. The first-order valence-corrected chi connectivity index (χ1v) is 7.73. The predicted octanol–water partition coefficient (Wildman–Crippen LogP) is 2.37. The van der Waals surface area contributed by atoms with Crippen molar-refractivity contribution >= 4 is 0 Å². The highest BCUT2D eigenvalue weighted by Gasteiger charge is 2.53. The highest BCUT2D eigenvalue weighted by molar-refractivity contribution is 5.05. The summed E-state index contributed by atoms with van der Waals surface area (Å²) in [6.45, 7) is 13.6. The number of nitrogens with zero attached hydrogens (tertiary/aromatic N) is 1. The topological polar surface area (TPSA) is 24.5 Å². The smallest absolute Gasteiger partial charge is 0.0790 e. The summed E-state index contributed by atoms with van der Waals surface area (Å²) in [6, 6.07) is 0.418. The van der Waals surface area contributed by atoms with Gasteiger partial charge < -0.3 is 15.0 Å². The van der Waals surface area contributed by atoms with Crippen LogP contribution in [0.4, 0.5) is 0 Å². The van der Waals surface area contributed by atoms with E-state index in [2.05, 4.69) is 58.9 Å². The summed E-state index contributed by atoms with van der Waals surface area (Å²) in [5, 5.41) is 3.49. The van der Waals surface area contributed by atoms with Gasteiger partial charge in [-0.1, -0.05) is 6.92 Å². The third-order valence-corrected chi connectivity index (χ3v) is 5.21. The van der Waals surface area contributed by atoms with E-state index in [1.807, 2.05) is 0 Å². The minimum Gasteiger partial charge on any atom is -0.368 e. The van der Waals surface area contributed by atoms with Gasteiger partial charge in [0.25, 0.3) is 0 Å². The summed E-state index contributed by atoms with van der Waals surface area (Å²) in [5.74, 6) is 2.40. The lowest BCUT2D eigenvalue weighted by atomic mass is 9.82. The van der Waals surface area contributed by atoms with Gasteiger partial charge >= 0.3 is 0 Å². The molecule has 0 aromatic heterocycles. The van der Waals surface area contributed by atoms with Crippen LogP contribution >= 0.6 is 0 Å². The molecule has 4 unspecified atom stereocenters. The van der Waals surface area contributed by atoms with E-state index in [0.29, 0.717) is 12.0 Å². The van der Waals surface area contributed by atoms with Gasteiger partial charge in [0, 0.05) is 25.0 Å². The average Bonchev–Trinajstić information content (AvgIpc) is 2.86. The Hall–Kier alpha value is -0.120. The van der Waals surface area contributed by atoms with E-state index in [4.69, 9.17) is 4.74 Å². The summed E-state index contributed by atoms with van der Waals surface area (Å²) in [4.78, 5) is 2.51. The van der Waals surface area contributed by atoms with Gasteiger partial charge in [0.15, 0.2) is 0 Å². The van der Waals surface area contributed by atoms with Gasteiger partial charge in [-0.15, -0.1) is 0 Å². The molecule has 0 spiro atoms. The molecule has 0 radical (unpaired) electrons. The Bertz CT molecular complexity index is 327. The van der Waals surface area contributed by atoms with Crippen LogP contribution in [0.15, 0.2) is 0 Å². The van der Waals surface area contributed by atoms with Crippen molar-refractivity contribution in [1.29, 1.82) is 0 Å². The molecule has 2 rings (SSSR count). The molecule has 112 valence electrons. The van der Waals surface area contributed by atoms with Crippen LogP contribution in [0.5, 0.6) is 0 Å². The van der Waals surface area contributed by atoms with Crippen LogP contribution in [-0.4, -0.2) is 49.3 Å². The van der Waals surface area contributed by atoms with E-state index in [1.165, 1.54) is 13.0 Å². The molecule has 1 saturated carbocycles. The lowest BCUT2D eigenvalue weighted by molar-refractivity contribution is -0.0791. The fraction of sp³-hybridized carbons (Fsp3) is 1.00. The Morgan fingerprint density at radius 1 is 1.16 bits per heavy atom. The minimum atomic E-state index is -0.0867. The molecule has 0 aromatic rings. The van der Waals surface area contributed by atoms with E-state index in [0.717, 1.165) is 18.4 Å². The Kier molecular flexibility index (Phi) is 4.03. The number of rotatable bonds is 5. The lowest BCUT2D eigenvalue weighted by Crippen LogP contribution is -2.49. The van der Waals surface area contributed by atoms with Crippen molar-refractivity contribution in [2.24, 2.45) is 17.8 Å². The monoisotopic (exact) mass is 268 g/mol. The largest absolute Gasteiger partial charge is 0.368 e. The molecule has 19 heavy (non-hydrogen) atoms. The number of hydrogen-bond donors (Lipinski definition) is 1. The number of likely N-dealkylation sites (N-methyl/N-ethyl adjacent to an activating group) is 1. The van der Waals surface area contributed by atoms with Crippen LogP contribution in [-0.2, 0) is 4.74 Å². The first-order valence-electron chi connectivity index (χ1n) is 7.73. The summed E-state index contributed by atoms with van der Waals surface area (Å²) in [6.07, 6.45) is 1.41. The molecule has 0 bridgehead atoms. The molecule has 4 atom stereocenters. The predicted molar refractivity (Wildman–Crippen MR) is 80.3 cm³/mol. The number of ether oxygens (including phenoxy) is 1. The van der Waals surface area contributed by atoms with Crippen LogP contribution < -0.4 is 5.32 Å². The van der Waals surface area contributed by atoms with E-state index in [9.17, 15) is 0 Å².